The average Bonchev–Trinajstić information content (AvgIpc) is 2.78. The van der Waals surface area contributed by atoms with Gasteiger partial charge < -0.3 is 15.3 Å². The summed E-state index contributed by atoms with van der Waals surface area (Å²) in [5.74, 6) is 0.202. The molecule has 2 aromatic carbocycles. The predicted octanol–water partition coefficient (Wildman–Crippen LogP) is 4.16. The lowest BCUT2D eigenvalue weighted by Gasteiger charge is -2.43. The van der Waals surface area contributed by atoms with Gasteiger partial charge in [0.05, 0.1) is 5.60 Å². The SMILES string of the molecule is OC1(C(CN2CCNCC2)c2ccccc2CCc2ccccc2)CCCCC1. The van der Waals surface area contributed by atoms with Crippen LogP contribution < -0.4 is 5.32 Å². The number of hydrogen-bond donors (Lipinski definition) is 2. The molecule has 156 valence electrons. The first kappa shape index (κ1) is 20.6. The smallest absolute Gasteiger partial charge is 0.0728 e. The molecule has 1 aliphatic carbocycles. The largest absolute Gasteiger partial charge is 0.389 e. The number of aliphatic hydroxyl groups is 1. The van der Waals surface area contributed by atoms with Crippen molar-refractivity contribution in [2.75, 3.05) is 32.7 Å². The van der Waals surface area contributed by atoms with Crippen molar-refractivity contribution in [1.82, 2.24) is 10.2 Å². The van der Waals surface area contributed by atoms with Gasteiger partial charge in [0.15, 0.2) is 0 Å². The fourth-order valence-electron chi connectivity index (χ4n) is 5.25. The van der Waals surface area contributed by atoms with E-state index in [1.807, 2.05) is 0 Å². The maximum absolute atomic E-state index is 11.8. The number of benzene rings is 2. The van der Waals surface area contributed by atoms with E-state index >= 15 is 0 Å². The molecule has 3 heteroatoms. The second kappa shape index (κ2) is 9.88. The van der Waals surface area contributed by atoms with Gasteiger partial charge in [-0.3, -0.25) is 0 Å². The Balaban J connectivity index is 1.59. The highest BCUT2D eigenvalue weighted by molar-refractivity contribution is 5.34. The predicted molar refractivity (Wildman–Crippen MR) is 120 cm³/mol. The van der Waals surface area contributed by atoms with Crippen LogP contribution in [0, 0.1) is 0 Å². The molecule has 0 amide bonds. The fourth-order valence-corrected chi connectivity index (χ4v) is 5.25. The van der Waals surface area contributed by atoms with Gasteiger partial charge >= 0.3 is 0 Å². The minimum atomic E-state index is -0.564. The van der Waals surface area contributed by atoms with Gasteiger partial charge in [0.25, 0.3) is 0 Å². The summed E-state index contributed by atoms with van der Waals surface area (Å²) in [5, 5.41) is 15.2. The molecule has 0 aromatic heterocycles. The van der Waals surface area contributed by atoms with E-state index in [1.54, 1.807) is 0 Å². The summed E-state index contributed by atoms with van der Waals surface area (Å²) >= 11 is 0. The van der Waals surface area contributed by atoms with Crippen molar-refractivity contribution in [3.8, 4) is 0 Å². The molecule has 1 unspecified atom stereocenters. The highest BCUT2D eigenvalue weighted by Crippen LogP contribution is 2.41. The molecule has 29 heavy (non-hydrogen) atoms. The maximum atomic E-state index is 11.8. The van der Waals surface area contributed by atoms with Crippen LogP contribution in [0.5, 0.6) is 0 Å². The number of piperazine rings is 1. The van der Waals surface area contributed by atoms with Gasteiger partial charge in [0.1, 0.15) is 0 Å². The van der Waals surface area contributed by atoms with Gasteiger partial charge in [-0.05, 0) is 42.4 Å². The van der Waals surface area contributed by atoms with Crippen LogP contribution in [0.15, 0.2) is 54.6 Å². The minimum absolute atomic E-state index is 0.202. The van der Waals surface area contributed by atoms with Crippen LogP contribution in [0.1, 0.15) is 54.7 Å². The highest BCUT2D eigenvalue weighted by atomic mass is 16.3. The molecule has 1 saturated heterocycles. The van der Waals surface area contributed by atoms with E-state index in [0.717, 1.165) is 71.2 Å². The van der Waals surface area contributed by atoms with E-state index in [-0.39, 0.29) is 5.92 Å². The molecular weight excluding hydrogens is 356 g/mol. The molecule has 1 saturated carbocycles. The van der Waals surface area contributed by atoms with Crippen molar-refractivity contribution in [2.24, 2.45) is 0 Å². The molecular formula is C26H36N2O. The minimum Gasteiger partial charge on any atom is -0.389 e. The van der Waals surface area contributed by atoms with E-state index < -0.39 is 5.60 Å². The van der Waals surface area contributed by atoms with Gasteiger partial charge in [-0.15, -0.1) is 0 Å². The maximum Gasteiger partial charge on any atom is 0.0728 e. The molecule has 2 aliphatic rings. The molecule has 0 spiro atoms. The first-order valence-corrected chi connectivity index (χ1v) is 11.5. The zero-order valence-corrected chi connectivity index (χ0v) is 17.7. The van der Waals surface area contributed by atoms with Crippen LogP contribution in [-0.2, 0) is 12.8 Å². The third-order valence-corrected chi connectivity index (χ3v) is 6.97. The van der Waals surface area contributed by atoms with Crippen LogP contribution in [0.3, 0.4) is 0 Å². The highest BCUT2D eigenvalue weighted by Gasteiger charge is 2.40. The Morgan fingerprint density at radius 1 is 0.862 bits per heavy atom. The lowest BCUT2D eigenvalue weighted by Crippen LogP contribution is -2.49. The van der Waals surface area contributed by atoms with Crippen molar-refractivity contribution < 1.29 is 5.11 Å². The van der Waals surface area contributed by atoms with Crippen LogP contribution in [0.4, 0.5) is 0 Å². The molecule has 1 heterocycles. The van der Waals surface area contributed by atoms with Crippen LogP contribution in [0.25, 0.3) is 0 Å². The van der Waals surface area contributed by atoms with E-state index in [2.05, 4.69) is 64.8 Å². The Kier molecular flexibility index (Phi) is 7.02. The topological polar surface area (TPSA) is 35.5 Å². The molecule has 1 aliphatic heterocycles. The lowest BCUT2D eigenvalue weighted by atomic mass is 9.71. The summed E-state index contributed by atoms with van der Waals surface area (Å²) in [6, 6.07) is 19.7. The molecule has 0 radical (unpaired) electrons. The summed E-state index contributed by atoms with van der Waals surface area (Å²) < 4.78 is 0. The number of nitrogens with one attached hydrogen (secondary N) is 1. The van der Waals surface area contributed by atoms with Crippen LogP contribution in [-0.4, -0.2) is 48.3 Å². The Morgan fingerprint density at radius 3 is 2.31 bits per heavy atom. The standard InChI is InChI=1S/C26H36N2O/c29-26(15-7-2-8-16-26)25(21-28-19-17-27-18-20-28)24-12-6-5-11-23(24)14-13-22-9-3-1-4-10-22/h1,3-6,9-12,25,27,29H,2,7-8,13-21H2. The number of hydrogen-bond acceptors (Lipinski definition) is 3. The number of aryl methyl sites for hydroxylation is 2. The zero-order chi connectivity index (χ0) is 19.9. The Labute approximate surface area is 176 Å². The molecule has 1 atom stereocenters. The van der Waals surface area contributed by atoms with Crippen LogP contribution >= 0.6 is 0 Å². The third kappa shape index (κ3) is 5.28. The van der Waals surface area contributed by atoms with E-state index in [1.165, 1.54) is 23.1 Å². The number of nitrogens with zero attached hydrogens (tertiary/aromatic N) is 1. The van der Waals surface area contributed by atoms with Crippen molar-refractivity contribution >= 4 is 0 Å². The fraction of sp³-hybridized carbons (Fsp3) is 0.538. The first-order chi connectivity index (χ1) is 14.2. The number of rotatable bonds is 7. The summed E-state index contributed by atoms with van der Waals surface area (Å²) in [7, 11) is 0. The normalized spacial score (nSPS) is 21.0. The van der Waals surface area contributed by atoms with E-state index in [0.29, 0.717) is 0 Å². The molecule has 3 nitrogen and oxygen atoms in total. The first-order valence-electron chi connectivity index (χ1n) is 11.5. The Bertz CT molecular complexity index is 748. The molecule has 4 rings (SSSR count). The van der Waals surface area contributed by atoms with Crippen LogP contribution in [0.2, 0.25) is 0 Å². The lowest BCUT2D eigenvalue weighted by molar-refractivity contribution is -0.0319. The Hall–Kier alpha value is -1.68. The monoisotopic (exact) mass is 392 g/mol. The van der Waals surface area contributed by atoms with Crippen molar-refractivity contribution in [3.05, 3.63) is 71.3 Å². The van der Waals surface area contributed by atoms with Gasteiger partial charge in [-0.1, -0.05) is 73.9 Å². The third-order valence-electron chi connectivity index (χ3n) is 6.97. The van der Waals surface area contributed by atoms with Crippen molar-refractivity contribution in [3.63, 3.8) is 0 Å². The van der Waals surface area contributed by atoms with Gasteiger partial charge in [0, 0.05) is 38.6 Å². The summed E-state index contributed by atoms with van der Waals surface area (Å²) in [6.45, 7) is 5.25. The molecule has 2 aromatic rings. The van der Waals surface area contributed by atoms with Gasteiger partial charge in [0.2, 0.25) is 0 Å². The van der Waals surface area contributed by atoms with Crippen molar-refractivity contribution in [2.45, 2.75) is 56.5 Å². The quantitative estimate of drug-likeness (QED) is 0.743. The van der Waals surface area contributed by atoms with Gasteiger partial charge in [-0.25, -0.2) is 0 Å². The van der Waals surface area contributed by atoms with Gasteiger partial charge in [-0.2, -0.15) is 0 Å². The summed E-state index contributed by atoms with van der Waals surface area (Å²) in [6.07, 6.45) is 7.54. The molecule has 2 N–H and O–H groups in total. The zero-order valence-electron chi connectivity index (χ0n) is 17.7. The summed E-state index contributed by atoms with van der Waals surface area (Å²) in [5.41, 5.74) is 3.62. The summed E-state index contributed by atoms with van der Waals surface area (Å²) in [4.78, 5) is 2.56. The second-order valence-electron chi connectivity index (χ2n) is 8.95. The van der Waals surface area contributed by atoms with Crippen molar-refractivity contribution in [1.29, 1.82) is 0 Å². The molecule has 2 fully saturated rings. The van der Waals surface area contributed by atoms with E-state index in [9.17, 15) is 5.11 Å². The average molecular weight is 393 g/mol. The Morgan fingerprint density at radius 2 is 1.55 bits per heavy atom. The molecule has 0 bridgehead atoms. The second-order valence-corrected chi connectivity index (χ2v) is 8.95. The van der Waals surface area contributed by atoms with E-state index in [4.69, 9.17) is 0 Å².